The van der Waals surface area contributed by atoms with Gasteiger partial charge in [-0.15, -0.1) is 10.2 Å². The van der Waals surface area contributed by atoms with Crippen molar-refractivity contribution in [3.8, 4) is 11.5 Å². The first kappa shape index (κ1) is 14.4. The molecule has 2 aromatic carbocycles. The Morgan fingerprint density at radius 2 is 1.95 bits per heavy atom. The maximum Gasteiger partial charge on any atom is 0.277 e. The molecule has 0 aliphatic carbocycles. The lowest BCUT2D eigenvalue weighted by molar-refractivity contribution is 0.466. The van der Waals surface area contributed by atoms with E-state index in [0.29, 0.717) is 11.1 Å². The van der Waals surface area contributed by atoms with Crippen LogP contribution in [0.5, 0.6) is 0 Å². The Morgan fingerprint density at radius 1 is 1.10 bits per heavy atom. The highest BCUT2D eigenvalue weighted by molar-refractivity contribution is 9.10. The predicted octanol–water partition coefficient (Wildman–Crippen LogP) is 5.10. The van der Waals surface area contributed by atoms with Crippen molar-refractivity contribution < 1.29 is 4.42 Å². The Bertz CT molecular complexity index is 757. The van der Waals surface area contributed by atoms with Gasteiger partial charge in [0.1, 0.15) is 0 Å². The summed E-state index contributed by atoms with van der Waals surface area (Å²) in [6, 6.07) is 16.2. The zero-order valence-corrected chi connectivity index (χ0v) is 13.8. The van der Waals surface area contributed by atoms with Gasteiger partial charge in [0, 0.05) is 15.8 Å². The van der Waals surface area contributed by atoms with Gasteiger partial charge in [-0.2, -0.15) is 0 Å². The van der Waals surface area contributed by atoms with E-state index >= 15 is 0 Å². The molecule has 0 saturated carbocycles. The van der Waals surface area contributed by atoms with E-state index in [0.717, 1.165) is 15.8 Å². The van der Waals surface area contributed by atoms with Crippen molar-refractivity contribution >= 4 is 27.7 Å². The van der Waals surface area contributed by atoms with E-state index in [-0.39, 0.29) is 0 Å². The van der Waals surface area contributed by atoms with E-state index in [1.165, 1.54) is 22.9 Å². The van der Waals surface area contributed by atoms with E-state index in [9.17, 15) is 0 Å². The SMILES string of the molecule is Cc1cccc(-c2nnc(SCc3ccccc3Br)o2)c1. The van der Waals surface area contributed by atoms with Gasteiger partial charge in [-0.05, 0) is 30.7 Å². The molecule has 0 N–H and O–H groups in total. The van der Waals surface area contributed by atoms with Gasteiger partial charge < -0.3 is 4.42 Å². The van der Waals surface area contributed by atoms with E-state index < -0.39 is 0 Å². The molecule has 0 bridgehead atoms. The minimum atomic E-state index is 0.563. The molecule has 3 aromatic rings. The molecule has 0 fully saturated rings. The fourth-order valence-electron chi connectivity index (χ4n) is 1.92. The summed E-state index contributed by atoms with van der Waals surface area (Å²) in [5.41, 5.74) is 3.33. The molecule has 0 aliphatic rings. The van der Waals surface area contributed by atoms with E-state index in [1.807, 2.05) is 49.4 Å². The highest BCUT2D eigenvalue weighted by Gasteiger charge is 2.10. The van der Waals surface area contributed by atoms with Gasteiger partial charge in [0.05, 0.1) is 0 Å². The Labute approximate surface area is 135 Å². The third-order valence-corrected chi connectivity index (χ3v) is 4.62. The monoisotopic (exact) mass is 360 g/mol. The van der Waals surface area contributed by atoms with E-state index in [4.69, 9.17) is 4.42 Å². The van der Waals surface area contributed by atoms with Gasteiger partial charge in [-0.25, -0.2) is 0 Å². The maximum atomic E-state index is 5.71. The third kappa shape index (κ3) is 3.54. The molecule has 3 nitrogen and oxygen atoms in total. The van der Waals surface area contributed by atoms with E-state index in [1.54, 1.807) is 0 Å². The summed E-state index contributed by atoms with van der Waals surface area (Å²) in [6.45, 7) is 2.04. The van der Waals surface area contributed by atoms with Gasteiger partial charge in [0.25, 0.3) is 5.22 Å². The second kappa shape index (κ2) is 6.45. The van der Waals surface area contributed by atoms with Crippen LogP contribution in [0.2, 0.25) is 0 Å². The Hall–Kier alpha value is -1.59. The summed E-state index contributed by atoms with van der Waals surface area (Å²) in [5, 5.41) is 8.80. The van der Waals surface area contributed by atoms with Crippen molar-refractivity contribution in [1.82, 2.24) is 10.2 Å². The Morgan fingerprint density at radius 3 is 2.76 bits per heavy atom. The molecule has 0 atom stereocenters. The Balaban J connectivity index is 1.72. The lowest BCUT2D eigenvalue weighted by Crippen LogP contribution is -1.82. The molecular formula is C16H13BrN2OS. The fraction of sp³-hybridized carbons (Fsp3) is 0.125. The number of nitrogens with zero attached hydrogens (tertiary/aromatic N) is 2. The van der Waals surface area contributed by atoms with Crippen molar-refractivity contribution in [3.05, 3.63) is 64.1 Å². The highest BCUT2D eigenvalue weighted by atomic mass is 79.9. The van der Waals surface area contributed by atoms with Crippen LogP contribution in [-0.4, -0.2) is 10.2 Å². The first-order chi connectivity index (χ1) is 10.2. The molecule has 1 heterocycles. The van der Waals surface area contributed by atoms with Crippen LogP contribution in [-0.2, 0) is 5.75 Å². The zero-order chi connectivity index (χ0) is 14.7. The standard InChI is InChI=1S/C16H13BrN2OS/c1-11-5-4-7-12(9-11)15-18-19-16(20-15)21-10-13-6-2-3-8-14(13)17/h2-9H,10H2,1H3. The van der Waals surface area contributed by atoms with Crippen LogP contribution in [0.4, 0.5) is 0 Å². The van der Waals surface area contributed by atoms with Crippen molar-refractivity contribution in [3.63, 3.8) is 0 Å². The van der Waals surface area contributed by atoms with Crippen LogP contribution < -0.4 is 0 Å². The number of thioether (sulfide) groups is 1. The molecule has 0 unspecified atom stereocenters. The molecular weight excluding hydrogens is 348 g/mol. The normalized spacial score (nSPS) is 10.8. The number of hydrogen-bond acceptors (Lipinski definition) is 4. The number of aryl methyl sites for hydroxylation is 1. The predicted molar refractivity (Wildman–Crippen MR) is 88.2 cm³/mol. The smallest absolute Gasteiger partial charge is 0.277 e. The van der Waals surface area contributed by atoms with Crippen LogP contribution in [0.15, 0.2) is 62.6 Å². The van der Waals surface area contributed by atoms with Crippen LogP contribution >= 0.6 is 27.7 Å². The first-order valence-corrected chi connectivity index (χ1v) is 8.27. The minimum absolute atomic E-state index is 0.563. The molecule has 5 heteroatoms. The van der Waals surface area contributed by atoms with Crippen molar-refractivity contribution in [1.29, 1.82) is 0 Å². The number of rotatable bonds is 4. The quantitative estimate of drug-likeness (QED) is 0.606. The summed E-state index contributed by atoms with van der Waals surface area (Å²) >= 11 is 5.08. The first-order valence-electron chi connectivity index (χ1n) is 6.49. The average molecular weight is 361 g/mol. The van der Waals surface area contributed by atoms with Gasteiger partial charge in [-0.3, -0.25) is 0 Å². The molecule has 0 radical (unpaired) electrons. The lowest BCUT2D eigenvalue weighted by Gasteiger charge is -2.00. The largest absolute Gasteiger partial charge is 0.411 e. The topological polar surface area (TPSA) is 38.9 Å². The molecule has 3 rings (SSSR count). The summed E-state index contributed by atoms with van der Waals surface area (Å²) in [6.07, 6.45) is 0. The number of hydrogen-bond donors (Lipinski definition) is 0. The lowest BCUT2D eigenvalue weighted by atomic mass is 10.1. The Kier molecular flexibility index (Phi) is 4.41. The second-order valence-electron chi connectivity index (χ2n) is 4.62. The van der Waals surface area contributed by atoms with Crippen LogP contribution in [0.1, 0.15) is 11.1 Å². The molecule has 21 heavy (non-hydrogen) atoms. The molecule has 106 valence electrons. The third-order valence-electron chi connectivity index (χ3n) is 2.98. The molecule has 1 aromatic heterocycles. The zero-order valence-electron chi connectivity index (χ0n) is 11.4. The highest BCUT2D eigenvalue weighted by Crippen LogP contribution is 2.28. The van der Waals surface area contributed by atoms with Gasteiger partial charge in [0.2, 0.25) is 5.89 Å². The summed E-state index contributed by atoms with van der Waals surface area (Å²) in [5.74, 6) is 1.35. The number of aromatic nitrogens is 2. The number of benzene rings is 2. The maximum absolute atomic E-state index is 5.71. The van der Waals surface area contributed by atoms with Crippen molar-refractivity contribution in [2.24, 2.45) is 0 Å². The molecule has 0 amide bonds. The van der Waals surface area contributed by atoms with E-state index in [2.05, 4.69) is 32.2 Å². The van der Waals surface area contributed by atoms with Gasteiger partial charge in [-0.1, -0.05) is 63.6 Å². The average Bonchev–Trinajstić information content (AvgIpc) is 2.95. The van der Waals surface area contributed by atoms with Crippen molar-refractivity contribution in [2.45, 2.75) is 17.9 Å². The molecule has 0 saturated heterocycles. The van der Waals surface area contributed by atoms with Crippen molar-refractivity contribution in [2.75, 3.05) is 0 Å². The van der Waals surface area contributed by atoms with Crippen LogP contribution in [0, 0.1) is 6.92 Å². The summed E-state index contributed by atoms with van der Waals surface area (Å²) in [7, 11) is 0. The van der Waals surface area contributed by atoms with Crippen LogP contribution in [0.25, 0.3) is 11.5 Å². The summed E-state index contributed by atoms with van der Waals surface area (Å²) < 4.78 is 6.81. The van der Waals surface area contributed by atoms with Gasteiger partial charge >= 0.3 is 0 Å². The van der Waals surface area contributed by atoms with Crippen LogP contribution in [0.3, 0.4) is 0 Å². The number of halogens is 1. The summed E-state index contributed by atoms with van der Waals surface area (Å²) in [4.78, 5) is 0. The fourth-order valence-corrected chi connectivity index (χ4v) is 3.30. The van der Waals surface area contributed by atoms with Gasteiger partial charge in [0.15, 0.2) is 0 Å². The minimum Gasteiger partial charge on any atom is -0.411 e. The molecule has 0 aliphatic heterocycles. The molecule has 0 spiro atoms. The second-order valence-corrected chi connectivity index (χ2v) is 6.40.